The van der Waals surface area contributed by atoms with Crippen molar-refractivity contribution in [2.24, 2.45) is 0 Å². The van der Waals surface area contributed by atoms with Crippen LogP contribution < -0.4 is 0 Å². The minimum Gasteiger partial charge on any atom is -0.337 e. The maximum Gasteiger partial charge on any atom is 0.253 e. The normalized spacial score (nSPS) is 11.0. The molecule has 0 spiro atoms. The molecule has 1 N–H and O–H groups in total. The Hall–Kier alpha value is -2.76. The molecule has 0 aliphatic carbocycles. The number of fused-ring (bicyclic) bond motifs is 1. The van der Waals surface area contributed by atoms with E-state index in [-0.39, 0.29) is 5.91 Å². The molecule has 1 amide bonds. The van der Waals surface area contributed by atoms with Crippen LogP contribution in [0.15, 0.2) is 24.4 Å². The molecule has 23 heavy (non-hydrogen) atoms. The lowest BCUT2D eigenvalue weighted by molar-refractivity contribution is 0.0785. The maximum atomic E-state index is 12.6. The van der Waals surface area contributed by atoms with Crippen molar-refractivity contribution in [3.05, 3.63) is 52.6 Å². The number of nitrogens with one attached hydrogen (secondary N) is 1. The molecule has 3 aromatic rings. The number of aromatic nitrogens is 4. The zero-order chi connectivity index (χ0) is 16.6. The summed E-state index contributed by atoms with van der Waals surface area (Å²) in [5, 5.41) is 6.87. The van der Waals surface area contributed by atoms with E-state index in [0.29, 0.717) is 12.1 Å². The number of hydrogen-bond acceptors (Lipinski definition) is 4. The predicted molar refractivity (Wildman–Crippen MR) is 88.1 cm³/mol. The number of H-pyrrole nitrogens is 1. The van der Waals surface area contributed by atoms with Crippen LogP contribution in [0.25, 0.3) is 11.0 Å². The highest BCUT2D eigenvalue weighted by Gasteiger charge is 2.15. The molecule has 1 aromatic carbocycles. The molecule has 0 unspecified atom stereocenters. The highest BCUT2D eigenvalue weighted by Crippen LogP contribution is 2.16. The molecule has 0 saturated heterocycles. The van der Waals surface area contributed by atoms with Gasteiger partial charge < -0.3 is 4.90 Å². The molecule has 3 rings (SSSR count). The van der Waals surface area contributed by atoms with Crippen LogP contribution in [-0.2, 0) is 6.54 Å². The maximum absolute atomic E-state index is 12.6. The third kappa shape index (κ3) is 2.92. The number of aryl methyl sites for hydroxylation is 3. The van der Waals surface area contributed by atoms with Gasteiger partial charge in [0.1, 0.15) is 0 Å². The van der Waals surface area contributed by atoms with Crippen LogP contribution in [0.5, 0.6) is 0 Å². The summed E-state index contributed by atoms with van der Waals surface area (Å²) in [4.78, 5) is 23.3. The van der Waals surface area contributed by atoms with Gasteiger partial charge in [0.25, 0.3) is 5.91 Å². The van der Waals surface area contributed by atoms with Crippen molar-refractivity contribution in [3.63, 3.8) is 0 Å². The van der Waals surface area contributed by atoms with Gasteiger partial charge in [0.05, 0.1) is 28.6 Å². The van der Waals surface area contributed by atoms with Crippen molar-refractivity contribution < 1.29 is 4.79 Å². The van der Waals surface area contributed by atoms with Gasteiger partial charge in [0.15, 0.2) is 0 Å². The van der Waals surface area contributed by atoms with Crippen molar-refractivity contribution >= 4 is 16.9 Å². The van der Waals surface area contributed by atoms with Gasteiger partial charge in [-0.3, -0.25) is 9.89 Å². The Labute approximate surface area is 134 Å². The van der Waals surface area contributed by atoms with Crippen LogP contribution in [0.4, 0.5) is 0 Å². The Morgan fingerprint density at radius 3 is 2.48 bits per heavy atom. The zero-order valence-corrected chi connectivity index (χ0v) is 13.7. The molecule has 6 nitrogen and oxygen atoms in total. The summed E-state index contributed by atoms with van der Waals surface area (Å²) < 4.78 is 0. The Kier molecular flexibility index (Phi) is 3.82. The first-order chi connectivity index (χ1) is 11.0. The first kappa shape index (κ1) is 15.1. The number of benzene rings is 1. The van der Waals surface area contributed by atoms with Gasteiger partial charge in [-0.05, 0) is 39.0 Å². The molecule has 0 fully saturated rings. The van der Waals surface area contributed by atoms with E-state index in [1.54, 1.807) is 30.3 Å². The van der Waals surface area contributed by atoms with Crippen molar-refractivity contribution in [2.45, 2.75) is 27.3 Å². The number of amides is 1. The SMILES string of the molecule is Cc1nc2ccc(C(=O)N(C)Cc3cn[nH]c3C)cc2nc1C. The lowest BCUT2D eigenvalue weighted by atomic mass is 10.1. The number of aromatic amines is 1. The molecule has 0 aliphatic rings. The van der Waals surface area contributed by atoms with E-state index in [0.717, 1.165) is 33.7 Å². The lowest BCUT2D eigenvalue weighted by Gasteiger charge is -2.17. The quantitative estimate of drug-likeness (QED) is 0.807. The van der Waals surface area contributed by atoms with Gasteiger partial charge in [0, 0.05) is 30.4 Å². The van der Waals surface area contributed by atoms with Crippen molar-refractivity contribution in [1.82, 2.24) is 25.1 Å². The molecule has 0 atom stereocenters. The van der Waals surface area contributed by atoms with Crippen molar-refractivity contribution in [3.8, 4) is 0 Å². The van der Waals surface area contributed by atoms with E-state index in [4.69, 9.17) is 0 Å². The average Bonchev–Trinajstić information content (AvgIpc) is 2.92. The highest BCUT2D eigenvalue weighted by molar-refractivity contribution is 5.97. The predicted octanol–water partition coefficient (Wildman–Crippen LogP) is 2.55. The van der Waals surface area contributed by atoms with Crippen LogP contribution >= 0.6 is 0 Å². The first-order valence-corrected chi connectivity index (χ1v) is 7.45. The summed E-state index contributed by atoms with van der Waals surface area (Å²) in [5.74, 6) is -0.0486. The summed E-state index contributed by atoms with van der Waals surface area (Å²) in [5.41, 5.74) is 5.92. The number of nitrogens with zero attached hydrogens (tertiary/aromatic N) is 4. The summed E-state index contributed by atoms with van der Waals surface area (Å²) in [6.45, 7) is 6.31. The fourth-order valence-corrected chi connectivity index (χ4v) is 2.45. The zero-order valence-electron chi connectivity index (χ0n) is 13.7. The Bertz CT molecular complexity index is 884. The summed E-state index contributed by atoms with van der Waals surface area (Å²) in [7, 11) is 1.78. The molecule has 2 aromatic heterocycles. The largest absolute Gasteiger partial charge is 0.337 e. The van der Waals surface area contributed by atoms with Crippen LogP contribution in [-0.4, -0.2) is 38.0 Å². The topological polar surface area (TPSA) is 74.8 Å². The summed E-state index contributed by atoms with van der Waals surface area (Å²) >= 11 is 0. The van der Waals surface area contributed by atoms with Crippen molar-refractivity contribution in [2.75, 3.05) is 7.05 Å². The van der Waals surface area contributed by atoms with Gasteiger partial charge in [-0.25, -0.2) is 9.97 Å². The molecular formula is C17H19N5O. The highest BCUT2D eigenvalue weighted by atomic mass is 16.2. The van der Waals surface area contributed by atoms with Gasteiger partial charge in [-0.15, -0.1) is 0 Å². The third-order valence-corrected chi connectivity index (χ3v) is 4.01. The van der Waals surface area contributed by atoms with Crippen LogP contribution in [0.3, 0.4) is 0 Å². The van der Waals surface area contributed by atoms with Gasteiger partial charge in [0.2, 0.25) is 0 Å². The van der Waals surface area contributed by atoms with Crippen molar-refractivity contribution in [1.29, 1.82) is 0 Å². The van der Waals surface area contributed by atoms with E-state index >= 15 is 0 Å². The minimum absolute atomic E-state index is 0.0486. The molecule has 0 saturated carbocycles. The average molecular weight is 309 g/mol. The van der Waals surface area contributed by atoms with Crippen LogP contribution in [0.1, 0.15) is 33.0 Å². The second kappa shape index (κ2) is 5.79. The van der Waals surface area contributed by atoms with E-state index in [2.05, 4.69) is 20.2 Å². The monoisotopic (exact) mass is 309 g/mol. The number of rotatable bonds is 3. The van der Waals surface area contributed by atoms with Gasteiger partial charge in [-0.2, -0.15) is 5.10 Å². The summed E-state index contributed by atoms with van der Waals surface area (Å²) in [6.07, 6.45) is 1.75. The summed E-state index contributed by atoms with van der Waals surface area (Å²) in [6, 6.07) is 5.45. The fraction of sp³-hybridized carbons (Fsp3) is 0.294. The molecule has 6 heteroatoms. The van der Waals surface area contributed by atoms with E-state index in [1.165, 1.54) is 0 Å². The smallest absolute Gasteiger partial charge is 0.253 e. The molecular weight excluding hydrogens is 290 g/mol. The van der Waals surface area contributed by atoms with E-state index in [9.17, 15) is 4.79 Å². The lowest BCUT2D eigenvalue weighted by Crippen LogP contribution is -2.26. The van der Waals surface area contributed by atoms with Gasteiger partial charge >= 0.3 is 0 Å². The van der Waals surface area contributed by atoms with E-state index in [1.807, 2.05) is 26.8 Å². The van der Waals surface area contributed by atoms with Gasteiger partial charge in [-0.1, -0.05) is 0 Å². The molecule has 0 bridgehead atoms. The van der Waals surface area contributed by atoms with E-state index < -0.39 is 0 Å². The van der Waals surface area contributed by atoms with Crippen LogP contribution in [0.2, 0.25) is 0 Å². The second-order valence-electron chi connectivity index (χ2n) is 5.78. The number of carbonyl (C=O) groups excluding carboxylic acids is 1. The molecule has 0 radical (unpaired) electrons. The number of hydrogen-bond donors (Lipinski definition) is 1. The Morgan fingerprint density at radius 1 is 1.13 bits per heavy atom. The second-order valence-corrected chi connectivity index (χ2v) is 5.78. The Balaban J connectivity index is 1.88. The fourth-order valence-electron chi connectivity index (χ4n) is 2.45. The molecule has 0 aliphatic heterocycles. The molecule has 2 heterocycles. The standard InChI is InChI=1S/C17H19N5O/c1-10-11(2)20-16-7-13(5-6-15(16)19-10)17(23)22(4)9-14-8-18-21-12(14)3/h5-8H,9H2,1-4H3,(H,18,21). The molecule has 118 valence electrons. The van der Waals surface area contributed by atoms with Crippen LogP contribution in [0, 0.1) is 20.8 Å². The third-order valence-electron chi connectivity index (χ3n) is 4.01. The first-order valence-electron chi connectivity index (χ1n) is 7.45. The Morgan fingerprint density at radius 2 is 1.83 bits per heavy atom. The minimum atomic E-state index is -0.0486. The number of carbonyl (C=O) groups is 1.